The maximum Gasteiger partial charge on any atom is 0.410 e. The van der Waals surface area contributed by atoms with Crippen LogP contribution in [0.3, 0.4) is 0 Å². The summed E-state index contributed by atoms with van der Waals surface area (Å²) in [5.74, 6) is -0.567. The van der Waals surface area contributed by atoms with Crippen molar-refractivity contribution in [1.29, 1.82) is 0 Å². The van der Waals surface area contributed by atoms with E-state index in [1.54, 1.807) is 38.7 Å². The lowest BCUT2D eigenvalue weighted by Gasteiger charge is -2.38. The van der Waals surface area contributed by atoms with Crippen LogP contribution in [-0.4, -0.2) is 53.7 Å². The Bertz CT molecular complexity index is 496. The predicted octanol–water partition coefficient (Wildman–Crippen LogP) is 2.01. The molecule has 0 aliphatic carbocycles. The van der Waals surface area contributed by atoms with E-state index in [-0.39, 0.29) is 24.6 Å². The van der Waals surface area contributed by atoms with Crippen molar-refractivity contribution < 1.29 is 23.9 Å². The lowest BCUT2D eigenvalue weighted by molar-refractivity contribution is -0.137. The van der Waals surface area contributed by atoms with E-state index in [1.165, 1.54) is 13.0 Å². The quantitative estimate of drug-likeness (QED) is 0.625. The van der Waals surface area contributed by atoms with Crippen molar-refractivity contribution in [1.82, 2.24) is 10.2 Å². The fourth-order valence-corrected chi connectivity index (χ4v) is 2.53. The van der Waals surface area contributed by atoms with Crippen molar-refractivity contribution in [3.05, 3.63) is 12.2 Å². The van der Waals surface area contributed by atoms with E-state index in [9.17, 15) is 14.4 Å². The number of hydrogen-bond acceptors (Lipinski definition) is 5. The molecule has 136 valence electrons. The molecule has 0 aromatic carbocycles. The zero-order chi connectivity index (χ0) is 18.3. The standard InChI is InChI=1S/C17H28N2O5/c1-6-23-15(21)8-7-14-11-13(18-12(2)20)9-10-19(14)16(22)24-17(3,4)5/h7-8,13-14H,6,9-11H2,1-5H3,(H,18,20)/b8-7+/t13-,14+/m1/s1. The average molecular weight is 340 g/mol. The van der Waals surface area contributed by atoms with Crippen LogP contribution in [0.1, 0.15) is 47.5 Å². The van der Waals surface area contributed by atoms with Gasteiger partial charge >= 0.3 is 12.1 Å². The molecule has 1 heterocycles. The number of esters is 1. The van der Waals surface area contributed by atoms with E-state index in [0.717, 1.165) is 0 Å². The number of nitrogens with one attached hydrogen (secondary N) is 1. The van der Waals surface area contributed by atoms with Gasteiger partial charge in [0.15, 0.2) is 0 Å². The van der Waals surface area contributed by atoms with Gasteiger partial charge in [0.05, 0.1) is 12.6 Å². The highest BCUT2D eigenvalue weighted by Crippen LogP contribution is 2.22. The van der Waals surface area contributed by atoms with Crippen molar-refractivity contribution in [2.45, 2.75) is 65.1 Å². The van der Waals surface area contributed by atoms with Gasteiger partial charge in [-0.15, -0.1) is 0 Å². The second kappa shape index (κ2) is 8.70. The number of hydrogen-bond donors (Lipinski definition) is 1. The SMILES string of the molecule is CCOC(=O)/C=C/[C@H]1C[C@H](NC(C)=O)CCN1C(=O)OC(C)(C)C. The molecule has 2 atom stereocenters. The molecular formula is C17H28N2O5. The number of piperidine rings is 1. The average Bonchev–Trinajstić information content (AvgIpc) is 2.43. The summed E-state index contributed by atoms with van der Waals surface area (Å²) in [5.41, 5.74) is -0.596. The van der Waals surface area contributed by atoms with Crippen LogP contribution in [0.2, 0.25) is 0 Å². The first-order valence-electron chi connectivity index (χ1n) is 8.24. The Balaban J connectivity index is 2.84. The molecule has 1 rings (SSSR count). The van der Waals surface area contributed by atoms with Gasteiger partial charge in [-0.25, -0.2) is 9.59 Å². The topological polar surface area (TPSA) is 84.9 Å². The molecule has 7 heteroatoms. The number of nitrogens with zero attached hydrogens (tertiary/aromatic N) is 1. The van der Waals surface area contributed by atoms with E-state index < -0.39 is 17.7 Å². The summed E-state index contributed by atoms with van der Waals surface area (Å²) in [6.45, 7) is 9.33. The molecule has 1 aliphatic rings. The molecule has 2 amide bonds. The van der Waals surface area contributed by atoms with Crippen LogP contribution >= 0.6 is 0 Å². The zero-order valence-corrected chi connectivity index (χ0v) is 15.1. The summed E-state index contributed by atoms with van der Waals surface area (Å²) in [5, 5.41) is 2.86. The smallest absolute Gasteiger partial charge is 0.410 e. The van der Waals surface area contributed by atoms with E-state index in [1.807, 2.05) is 0 Å². The third-order valence-corrected chi connectivity index (χ3v) is 3.42. The molecule has 0 spiro atoms. The number of ether oxygens (including phenoxy) is 2. The first kappa shape index (κ1) is 20.0. The highest BCUT2D eigenvalue weighted by Gasteiger charge is 2.33. The first-order chi connectivity index (χ1) is 11.1. The van der Waals surface area contributed by atoms with Gasteiger partial charge in [0.2, 0.25) is 5.91 Å². The predicted molar refractivity (Wildman–Crippen MR) is 89.3 cm³/mol. The Labute approximate surface area is 143 Å². The molecule has 1 aliphatic heterocycles. The minimum atomic E-state index is -0.596. The second-order valence-electron chi connectivity index (χ2n) is 6.77. The van der Waals surface area contributed by atoms with Gasteiger partial charge in [0.1, 0.15) is 5.60 Å². The Morgan fingerprint density at radius 2 is 1.96 bits per heavy atom. The van der Waals surface area contributed by atoms with Crippen molar-refractivity contribution in [2.75, 3.05) is 13.2 Å². The fraction of sp³-hybridized carbons (Fsp3) is 0.706. The van der Waals surface area contributed by atoms with Crippen LogP contribution in [0.25, 0.3) is 0 Å². The summed E-state index contributed by atoms with van der Waals surface area (Å²) in [6.07, 6.45) is 3.69. The third kappa shape index (κ3) is 7.02. The Hall–Kier alpha value is -2.05. The first-order valence-corrected chi connectivity index (χ1v) is 8.24. The number of likely N-dealkylation sites (tertiary alicyclic amines) is 1. The van der Waals surface area contributed by atoms with Gasteiger partial charge < -0.3 is 19.7 Å². The highest BCUT2D eigenvalue weighted by atomic mass is 16.6. The lowest BCUT2D eigenvalue weighted by atomic mass is 9.97. The summed E-state index contributed by atoms with van der Waals surface area (Å²) in [7, 11) is 0. The zero-order valence-electron chi connectivity index (χ0n) is 15.1. The van der Waals surface area contributed by atoms with Crippen molar-refractivity contribution in [3.8, 4) is 0 Å². The molecule has 0 unspecified atom stereocenters. The lowest BCUT2D eigenvalue weighted by Crippen LogP contribution is -2.52. The van der Waals surface area contributed by atoms with Gasteiger partial charge in [0.25, 0.3) is 0 Å². The van der Waals surface area contributed by atoms with Gasteiger partial charge in [-0.1, -0.05) is 6.08 Å². The van der Waals surface area contributed by atoms with E-state index >= 15 is 0 Å². The highest BCUT2D eigenvalue weighted by molar-refractivity contribution is 5.82. The Morgan fingerprint density at radius 1 is 1.29 bits per heavy atom. The largest absolute Gasteiger partial charge is 0.463 e. The molecule has 0 saturated carbocycles. The van der Waals surface area contributed by atoms with Gasteiger partial charge in [-0.3, -0.25) is 4.79 Å². The van der Waals surface area contributed by atoms with Gasteiger partial charge in [-0.2, -0.15) is 0 Å². The summed E-state index contributed by atoms with van der Waals surface area (Å²) in [4.78, 5) is 36.8. The summed E-state index contributed by atoms with van der Waals surface area (Å²) < 4.78 is 10.3. The Kier molecular flexibility index (Phi) is 7.25. The summed E-state index contributed by atoms with van der Waals surface area (Å²) >= 11 is 0. The van der Waals surface area contributed by atoms with Crippen LogP contribution < -0.4 is 5.32 Å². The van der Waals surface area contributed by atoms with Gasteiger partial charge in [0, 0.05) is 25.6 Å². The van der Waals surface area contributed by atoms with Crippen LogP contribution in [-0.2, 0) is 19.1 Å². The minimum Gasteiger partial charge on any atom is -0.463 e. The molecule has 1 saturated heterocycles. The molecule has 0 aromatic heterocycles. The maximum absolute atomic E-state index is 12.4. The number of carbonyl (C=O) groups excluding carboxylic acids is 3. The number of rotatable bonds is 4. The monoisotopic (exact) mass is 340 g/mol. The maximum atomic E-state index is 12.4. The number of amides is 2. The molecule has 0 aromatic rings. The van der Waals surface area contributed by atoms with Crippen LogP contribution in [0.15, 0.2) is 12.2 Å². The van der Waals surface area contributed by atoms with Crippen LogP contribution in [0.5, 0.6) is 0 Å². The molecule has 1 fully saturated rings. The molecule has 0 bridgehead atoms. The van der Waals surface area contributed by atoms with Crippen LogP contribution in [0.4, 0.5) is 4.79 Å². The molecule has 24 heavy (non-hydrogen) atoms. The third-order valence-electron chi connectivity index (χ3n) is 3.42. The van der Waals surface area contributed by atoms with Crippen LogP contribution in [0, 0.1) is 0 Å². The second-order valence-corrected chi connectivity index (χ2v) is 6.77. The Morgan fingerprint density at radius 3 is 2.50 bits per heavy atom. The van der Waals surface area contributed by atoms with E-state index in [2.05, 4.69) is 5.32 Å². The number of carbonyl (C=O) groups is 3. The van der Waals surface area contributed by atoms with E-state index in [4.69, 9.17) is 9.47 Å². The van der Waals surface area contributed by atoms with Crippen molar-refractivity contribution in [2.24, 2.45) is 0 Å². The van der Waals surface area contributed by atoms with E-state index in [0.29, 0.717) is 19.4 Å². The fourth-order valence-electron chi connectivity index (χ4n) is 2.53. The van der Waals surface area contributed by atoms with Crippen molar-refractivity contribution in [3.63, 3.8) is 0 Å². The normalized spacial score (nSPS) is 21.5. The molecular weight excluding hydrogens is 312 g/mol. The molecule has 0 radical (unpaired) electrons. The molecule has 7 nitrogen and oxygen atoms in total. The molecule has 1 N–H and O–H groups in total. The van der Waals surface area contributed by atoms with Gasteiger partial charge in [-0.05, 0) is 40.5 Å². The van der Waals surface area contributed by atoms with Crippen molar-refractivity contribution >= 4 is 18.0 Å². The minimum absolute atomic E-state index is 0.0435. The summed E-state index contributed by atoms with van der Waals surface area (Å²) in [6, 6.07) is -0.382.